The lowest BCUT2D eigenvalue weighted by atomic mass is 10.1. The van der Waals surface area contributed by atoms with Crippen LogP contribution in [0.15, 0.2) is 58.5 Å². The van der Waals surface area contributed by atoms with Gasteiger partial charge in [-0.25, -0.2) is 17.9 Å². The summed E-state index contributed by atoms with van der Waals surface area (Å²) in [5.41, 5.74) is 0. The van der Waals surface area contributed by atoms with Crippen molar-refractivity contribution in [1.82, 2.24) is 9.62 Å². The molecule has 9 nitrogen and oxygen atoms in total. The molecule has 0 atom stereocenters. The summed E-state index contributed by atoms with van der Waals surface area (Å²) in [5.74, 6) is -0.997. The van der Waals surface area contributed by atoms with Crippen LogP contribution < -0.4 is 4.72 Å². The Morgan fingerprint density at radius 1 is 1.18 bits per heavy atom. The van der Waals surface area contributed by atoms with E-state index in [1.54, 1.807) is 12.1 Å². The van der Waals surface area contributed by atoms with Crippen LogP contribution in [-0.4, -0.2) is 63.7 Å². The third-order valence-electron chi connectivity index (χ3n) is 4.79. The Morgan fingerprint density at radius 2 is 1.94 bits per heavy atom. The van der Waals surface area contributed by atoms with Gasteiger partial charge in [0, 0.05) is 13.1 Å². The summed E-state index contributed by atoms with van der Waals surface area (Å²) in [6.07, 6.45) is 1.50. The number of fused-ring (bicyclic) bond motifs is 1. The number of thioether (sulfide) groups is 1. The van der Waals surface area contributed by atoms with Gasteiger partial charge < -0.3 is 14.4 Å². The topological polar surface area (TPSA) is 119 Å². The second-order valence-corrected chi connectivity index (χ2v) is 9.83. The lowest BCUT2D eigenvalue weighted by Crippen LogP contribution is -2.28. The molecular weight excluding hydrogens is 468 g/mol. The molecule has 0 bridgehead atoms. The highest BCUT2D eigenvalue weighted by Gasteiger charge is 2.27. The summed E-state index contributed by atoms with van der Waals surface area (Å²) in [6, 6.07) is 12.3. The first-order chi connectivity index (χ1) is 15.8. The highest BCUT2D eigenvalue weighted by molar-refractivity contribution is 8.04. The van der Waals surface area contributed by atoms with Crippen molar-refractivity contribution in [2.24, 2.45) is 0 Å². The molecule has 11 heteroatoms. The molecule has 33 heavy (non-hydrogen) atoms. The highest BCUT2D eigenvalue weighted by atomic mass is 32.2. The van der Waals surface area contributed by atoms with Crippen molar-refractivity contribution < 1.29 is 32.3 Å². The second kappa shape index (κ2) is 11.3. The minimum atomic E-state index is -3.76. The van der Waals surface area contributed by atoms with E-state index in [9.17, 15) is 22.8 Å². The standard InChI is InChI=1S/C22H24N2O7S2/c1-30-22(27)14-20-24(19(25)15-32-20)11-4-12-31-21(26)9-10-23-33(28,29)18-8-7-16-5-2-3-6-17(16)13-18/h2-3,5-8,13-14,23H,4,9-12,15H2,1H3/b20-14+. The first-order valence-corrected chi connectivity index (χ1v) is 12.6. The average Bonchev–Trinajstić information content (AvgIpc) is 3.15. The number of hydrogen-bond acceptors (Lipinski definition) is 8. The number of carbonyl (C=O) groups is 3. The highest BCUT2D eigenvalue weighted by Crippen LogP contribution is 2.28. The fraction of sp³-hybridized carbons (Fsp3) is 0.318. The van der Waals surface area contributed by atoms with Crippen molar-refractivity contribution in [3.05, 3.63) is 53.6 Å². The number of nitrogens with zero attached hydrogens (tertiary/aromatic N) is 1. The van der Waals surface area contributed by atoms with Gasteiger partial charge in [-0.3, -0.25) is 9.59 Å². The van der Waals surface area contributed by atoms with Gasteiger partial charge in [0.15, 0.2) is 0 Å². The van der Waals surface area contributed by atoms with E-state index < -0.39 is 22.0 Å². The van der Waals surface area contributed by atoms with E-state index in [2.05, 4.69) is 9.46 Å². The molecule has 1 fully saturated rings. The van der Waals surface area contributed by atoms with Crippen LogP contribution in [0.4, 0.5) is 0 Å². The number of hydrogen-bond donors (Lipinski definition) is 1. The molecule has 1 saturated heterocycles. The molecule has 1 amide bonds. The predicted octanol–water partition coefficient (Wildman–Crippen LogP) is 2.03. The van der Waals surface area contributed by atoms with Gasteiger partial charge in [-0.2, -0.15) is 0 Å². The van der Waals surface area contributed by atoms with Crippen LogP contribution in [0.3, 0.4) is 0 Å². The third-order valence-corrected chi connectivity index (χ3v) is 7.28. The van der Waals surface area contributed by atoms with E-state index >= 15 is 0 Å². The van der Waals surface area contributed by atoms with E-state index in [1.165, 1.54) is 35.9 Å². The van der Waals surface area contributed by atoms with Crippen molar-refractivity contribution in [1.29, 1.82) is 0 Å². The zero-order valence-electron chi connectivity index (χ0n) is 18.0. The maximum Gasteiger partial charge on any atom is 0.333 e. The van der Waals surface area contributed by atoms with Crippen molar-refractivity contribution in [3.63, 3.8) is 0 Å². The van der Waals surface area contributed by atoms with E-state index in [-0.39, 0.29) is 42.7 Å². The van der Waals surface area contributed by atoms with E-state index in [0.29, 0.717) is 11.4 Å². The van der Waals surface area contributed by atoms with Crippen molar-refractivity contribution in [3.8, 4) is 0 Å². The molecule has 176 valence electrons. The van der Waals surface area contributed by atoms with Gasteiger partial charge in [0.05, 0.1) is 41.9 Å². The molecule has 2 aromatic rings. The Balaban J connectivity index is 1.41. The average molecular weight is 493 g/mol. The van der Waals surface area contributed by atoms with Gasteiger partial charge in [0.2, 0.25) is 15.9 Å². The van der Waals surface area contributed by atoms with Gasteiger partial charge >= 0.3 is 11.9 Å². The van der Waals surface area contributed by atoms with Crippen LogP contribution >= 0.6 is 11.8 Å². The van der Waals surface area contributed by atoms with E-state index in [0.717, 1.165) is 10.8 Å². The maximum atomic E-state index is 12.5. The smallest absolute Gasteiger partial charge is 0.333 e. The summed E-state index contributed by atoms with van der Waals surface area (Å²) < 4.78 is 37.1. The fourth-order valence-corrected chi connectivity index (χ4v) is 5.14. The summed E-state index contributed by atoms with van der Waals surface area (Å²) in [7, 11) is -2.50. The number of methoxy groups -OCH3 is 1. The molecule has 1 heterocycles. The Kier molecular flexibility index (Phi) is 8.48. The zero-order chi connectivity index (χ0) is 23.8. The molecule has 0 aliphatic carbocycles. The summed E-state index contributed by atoms with van der Waals surface area (Å²) >= 11 is 1.24. The zero-order valence-corrected chi connectivity index (χ0v) is 19.6. The Labute approximate surface area is 196 Å². The predicted molar refractivity (Wildman–Crippen MR) is 124 cm³/mol. The Bertz CT molecular complexity index is 1180. The summed E-state index contributed by atoms with van der Waals surface area (Å²) in [4.78, 5) is 36.8. The quantitative estimate of drug-likeness (QED) is 0.304. The minimum absolute atomic E-state index is 0.0657. The molecular formula is C22H24N2O7S2. The Hall–Kier alpha value is -2.89. The normalized spacial score (nSPS) is 15.2. The fourth-order valence-electron chi connectivity index (χ4n) is 3.11. The number of carbonyl (C=O) groups excluding carboxylic acids is 3. The Morgan fingerprint density at radius 3 is 2.70 bits per heavy atom. The molecule has 3 rings (SSSR count). The summed E-state index contributed by atoms with van der Waals surface area (Å²) in [6.45, 7) is 0.258. The molecule has 1 aliphatic rings. The maximum absolute atomic E-state index is 12.5. The lowest BCUT2D eigenvalue weighted by Gasteiger charge is -2.16. The first-order valence-electron chi connectivity index (χ1n) is 10.2. The van der Waals surface area contributed by atoms with Crippen LogP contribution in [0.2, 0.25) is 0 Å². The van der Waals surface area contributed by atoms with Crippen LogP contribution in [0.5, 0.6) is 0 Å². The lowest BCUT2D eigenvalue weighted by molar-refractivity contribution is -0.143. The number of rotatable bonds is 10. The van der Waals surface area contributed by atoms with Crippen molar-refractivity contribution in [2.45, 2.75) is 17.7 Å². The van der Waals surface area contributed by atoms with Gasteiger partial charge in [0.25, 0.3) is 0 Å². The van der Waals surface area contributed by atoms with Crippen LogP contribution in [-0.2, 0) is 33.9 Å². The number of nitrogens with one attached hydrogen (secondary N) is 1. The number of sulfonamides is 1. The van der Waals surface area contributed by atoms with Crippen LogP contribution in [0, 0.1) is 0 Å². The number of benzene rings is 2. The van der Waals surface area contributed by atoms with E-state index in [4.69, 9.17) is 4.74 Å². The molecule has 0 unspecified atom stereocenters. The van der Waals surface area contributed by atoms with Gasteiger partial charge in [-0.05, 0) is 29.3 Å². The number of amides is 1. The number of esters is 2. The molecule has 0 aromatic heterocycles. The molecule has 1 aliphatic heterocycles. The molecule has 0 saturated carbocycles. The monoisotopic (exact) mass is 492 g/mol. The molecule has 1 N–H and O–H groups in total. The van der Waals surface area contributed by atoms with Crippen molar-refractivity contribution in [2.75, 3.05) is 32.6 Å². The van der Waals surface area contributed by atoms with Crippen LogP contribution in [0.1, 0.15) is 12.8 Å². The molecule has 0 radical (unpaired) electrons. The molecule has 0 spiro atoms. The largest absolute Gasteiger partial charge is 0.466 e. The second-order valence-electron chi connectivity index (χ2n) is 7.07. The minimum Gasteiger partial charge on any atom is -0.466 e. The molecule has 2 aromatic carbocycles. The van der Waals surface area contributed by atoms with Gasteiger partial charge in [-0.15, -0.1) is 0 Å². The first kappa shape index (κ1) is 24.7. The van der Waals surface area contributed by atoms with Crippen LogP contribution in [0.25, 0.3) is 10.8 Å². The third kappa shape index (κ3) is 6.80. The van der Waals surface area contributed by atoms with E-state index in [1.807, 2.05) is 24.3 Å². The summed E-state index contributed by atoms with van der Waals surface area (Å²) in [5, 5.41) is 2.24. The number of ether oxygens (including phenoxy) is 2. The van der Waals surface area contributed by atoms with Gasteiger partial charge in [-0.1, -0.05) is 42.1 Å². The van der Waals surface area contributed by atoms with Crippen molar-refractivity contribution >= 4 is 50.4 Å². The SMILES string of the molecule is COC(=O)/C=C1/SCC(=O)N1CCCOC(=O)CCNS(=O)(=O)c1ccc2ccccc2c1. The van der Waals surface area contributed by atoms with Gasteiger partial charge in [0.1, 0.15) is 0 Å².